The molecule has 0 fully saturated rings. The number of nitrogens with one attached hydrogen (secondary N) is 1. The molecular formula is C13H23NO3. The molecule has 0 rings (SSSR count). The van der Waals surface area contributed by atoms with Gasteiger partial charge >= 0.3 is 0 Å². The summed E-state index contributed by atoms with van der Waals surface area (Å²) in [5, 5.41) is 2.51. The van der Waals surface area contributed by atoms with Gasteiger partial charge < -0.3 is 14.9 Å². The van der Waals surface area contributed by atoms with Gasteiger partial charge in [0, 0.05) is 12.8 Å². The highest BCUT2D eigenvalue weighted by molar-refractivity contribution is 5.78. The van der Waals surface area contributed by atoms with E-state index in [1.807, 2.05) is 0 Å². The maximum atomic E-state index is 11.1. The fourth-order valence-corrected chi connectivity index (χ4v) is 1.61. The molecule has 0 saturated heterocycles. The van der Waals surface area contributed by atoms with Crippen molar-refractivity contribution in [3.63, 3.8) is 0 Å². The lowest BCUT2D eigenvalue weighted by Gasteiger charge is -2.02. The van der Waals surface area contributed by atoms with E-state index < -0.39 is 0 Å². The summed E-state index contributed by atoms with van der Waals surface area (Å²) in [4.78, 5) is 31.8. The third-order valence-corrected chi connectivity index (χ3v) is 2.57. The molecule has 17 heavy (non-hydrogen) atoms. The first-order valence-corrected chi connectivity index (χ1v) is 6.36. The molecule has 0 unspecified atom stereocenters. The molecule has 1 N–H and O–H groups in total. The van der Waals surface area contributed by atoms with Crippen LogP contribution in [0.3, 0.4) is 0 Å². The molecule has 0 aliphatic heterocycles. The minimum absolute atomic E-state index is 0.0475. The molecular weight excluding hydrogens is 218 g/mol. The number of unbranched alkanes of at least 4 members (excludes halogenated alkanes) is 5. The van der Waals surface area contributed by atoms with Gasteiger partial charge in [0.1, 0.15) is 12.1 Å². The van der Waals surface area contributed by atoms with Crippen molar-refractivity contribution in [3.05, 3.63) is 0 Å². The molecule has 0 aliphatic carbocycles. The van der Waals surface area contributed by atoms with E-state index in [4.69, 9.17) is 0 Å². The maximum Gasteiger partial charge on any atom is 0.220 e. The second kappa shape index (κ2) is 11.3. The van der Waals surface area contributed by atoms with Crippen LogP contribution >= 0.6 is 0 Å². The molecule has 0 aliphatic rings. The van der Waals surface area contributed by atoms with Crippen LogP contribution in [0.5, 0.6) is 0 Å². The minimum Gasteiger partial charge on any atom is -0.349 e. The van der Waals surface area contributed by atoms with Crippen LogP contribution in [0.2, 0.25) is 0 Å². The Hall–Kier alpha value is -1.19. The Morgan fingerprint density at radius 1 is 0.941 bits per heavy atom. The van der Waals surface area contributed by atoms with E-state index >= 15 is 0 Å². The first-order valence-electron chi connectivity index (χ1n) is 6.36. The van der Waals surface area contributed by atoms with E-state index in [-0.39, 0.29) is 18.2 Å². The summed E-state index contributed by atoms with van der Waals surface area (Å²) >= 11 is 0. The van der Waals surface area contributed by atoms with Crippen LogP contribution < -0.4 is 5.32 Å². The zero-order chi connectivity index (χ0) is 12.9. The molecule has 0 aromatic carbocycles. The molecule has 0 aromatic rings. The van der Waals surface area contributed by atoms with E-state index in [9.17, 15) is 14.4 Å². The molecule has 1 amide bonds. The van der Waals surface area contributed by atoms with E-state index in [1.54, 1.807) is 6.92 Å². The average Bonchev–Trinajstić information content (AvgIpc) is 2.29. The molecule has 0 atom stereocenters. The topological polar surface area (TPSA) is 63.2 Å². The molecule has 0 saturated carbocycles. The summed E-state index contributed by atoms with van der Waals surface area (Å²) in [7, 11) is 0. The Morgan fingerprint density at radius 2 is 1.47 bits per heavy atom. The van der Waals surface area contributed by atoms with Gasteiger partial charge in [-0.1, -0.05) is 25.7 Å². The fraction of sp³-hybridized carbons (Fsp3) is 0.769. The lowest BCUT2D eigenvalue weighted by atomic mass is 10.1. The second-order valence-corrected chi connectivity index (χ2v) is 4.29. The Kier molecular flexibility index (Phi) is 10.5. The highest BCUT2D eigenvalue weighted by Gasteiger charge is 1.99. The number of hydrogen-bond acceptors (Lipinski definition) is 3. The van der Waals surface area contributed by atoms with Gasteiger partial charge in [-0.25, -0.2) is 0 Å². The van der Waals surface area contributed by atoms with Crippen molar-refractivity contribution >= 4 is 18.0 Å². The summed E-state index contributed by atoms with van der Waals surface area (Å²) in [6.07, 6.45) is 8.10. The molecule has 0 radical (unpaired) electrons. The third kappa shape index (κ3) is 12.7. The van der Waals surface area contributed by atoms with Gasteiger partial charge in [-0.3, -0.25) is 4.79 Å². The third-order valence-electron chi connectivity index (χ3n) is 2.57. The number of amides is 1. The molecule has 98 valence electrons. The number of Topliss-reactive ketones (excluding diaryl/α,β-unsaturated/α-hetero) is 1. The summed E-state index contributed by atoms with van der Waals surface area (Å²) < 4.78 is 0. The number of aldehydes is 1. The molecule has 4 heteroatoms. The van der Waals surface area contributed by atoms with Crippen LogP contribution in [0, 0.1) is 0 Å². The van der Waals surface area contributed by atoms with Crippen molar-refractivity contribution in [2.75, 3.05) is 6.54 Å². The number of rotatable bonds is 11. The molecule has 0 heterocycles. The van der Waals surface area contributed by atoms with Crippen molar-refractivity contribution in [3.8, 4) is 0 Å². The molecule has 0 bridgehead atoms. The van der Waals surface area contributed by atoms with E-state index in [0.717, 1.165) is 38.5 Å². The lowest BCUT2D eigenvalue weighted by molar-refractivity contribution is -0.122. The van der Waals surface area contributed by atoms with Gasteiger partial charge in [-0.15, -0.1) is 0 Å². The largest absolute Gasteiger partial charge is 0.349 e. The van der Waals surface area contributed by atoms with Crippen molar-refractivity contribution < 1.29 is 14.4 Å². The Morgan fingerprint density at radius 3 is 2.00 bits per heavy atom. The zero-order valence-electron chi connectivity index (χ0n) is 10.7. The van der Waals surface area contributed by atoms with Crippen molar-refractivity contribution in [2.45, 2.75) is 58.3 Å². The van der Waals surface area contributed by atoms with Crippen LogP contribution in [-0.4, -0.2) is 24.5 Å². The predicted octanol–water partition coefficient (Wildman–Crippen LogP) is 2.01. The van der Waals surface area contributed by atoms with E-state index in [1.165, 1.54) is 0 Å². The van der Waals surface area contributed by atoms with Gasteiger partial charge in [-0.05, 0) is 19.8 Å². The number of hydrogen-bond donors (Lipinski definition) is 1. The van der Waals surface area contributed by atoms with Gasteiger partial charge in [0.05, 0.1) is 6.54 Å². The van der Waals surface area contributed by atoms with Crippen molar-refractivity contribution in [1.82, 2.24) is 5.32 Å². The minimum atomic E-state index is -0.0475. The summed E-state index contributed by atoms with van der Waals surface area (Å²) in [6.45, 7) is 1.74. The highest BCUT2D eigenvalue weighted by Crippen LogP contribution is 2.08. The summed E-state index contributed by atoms with van der Waals surface area (Å²) in [5.74, 6) is 0.213. The summed E-state index contributed by atoms with van der Waals surface area (Å²) in [6, 6.07) is 0. The number of ketones is 1. The van der Waals surface area contributed by atoms with Crippen LogP contribution in [0.25, 0.3) is 0 Å². The standard InChI is InChI=1S/C13H23NO3/c1-12(16)8-6-4-2-3-5-7-9-13(17)14-10-11-15/h11H,2-10H2,1H3,(H,14,17). The van der Waals surface area contributed by atoms with Crippen LogP contribution in [0.15, 0.2) is 0 Å². The fourth-order valence-electron chi connectivity index (χ4n) is 1.61. The quantitative estimate of drug-likeness (QED) is 0.444. The van der Waals surface area contributed by atoms with Crippen LogP contribution in [0.1, 0.15) is 58.3 Å². The lowest BCUT2D eigenvalue weighted by Crippen LogP contribution is -2.24. The SMILES string of the molecule is CC(=O)CCCCCCCCC(=O)NCC=O. The predicted molar refractivity (Wildman–Crippen MR) is 66.7 cm³/mol. The maximum absolute atomic E-state index is 11.1. The average molecular weight is 241 g/mol. The Bertz CT molecular complexity index is 239. The first kappa shape index (κ1) is 15.8. The smallest absolute Gasteiger partial charge is 0.220 e. The Labute approximate surface area is 103 Å². The van der Waals surface area contributed by atoms with Crippen molar-refractivity contribution in [1.29, 1.82) is 0 Å². The van der Waals surface area contributed by atoms with Crippen LogP contribution in [0.4, 0.5) is 0 Å². The summed E-state index contributed by atoms with van der Waals surface area (Å²) in [5.41, 5.74) is 0. The molecule has 4 nitrogen and oxygen atoms in total. The van der Waals surface area contributed by atoms with Gasteiger partial charge in [0.25, 0.3) is 0 Å². The van der Waals surface area contributed by atoms with E-state index in [0.29, 0.717) is 19.1 Å². The number of carbonyl (C=O) groups excluding carboxylic acids is 3. The molecule has 0 aromatic heterocycles. The first-order chi connectivity index (χ1) is 8.16. The monoisotopic (exact) mass is 241 g/mol. The molecule has 0 spiro atoms. The van der Waals surface area contributed by atoms with Crippen LogP contribution in [-0.2, 0) is 14.4 Å². The van der Waals surface area contributed by atoms with Gasteiger partial charge in [-0.2, -0.15) is 0 Å². The Balaban J connectivity index is 3.15. The normalized spacial score (nSPS) is 9.94. The van der Waals surface area contributed by atoms with E-state index in [2.05, 4.69) is 5.32 Å². The van der Waals surface area contributed by atoms with Gasteiger partial charge in [0.2, 0.25) is 5.91 Å². The van der Waals surface area contributed by atoms with Gasteiger partial charge in [0.15, 0.2) is 0 Å². The number of carbonyl (C=O) groups is 3. The van der Waals surface area contributed by atoms with Crippen molar-refractivity contribution in [2.24, 2.45) is 0 Å². The zero-order valence-corrected chi connectivity index (χ0v) is 10.7. The highest BCUT2D eigenvalue weighted by atomic mass is 16.2. The second-order valence-electron chi connectivity index (χ2n) is 4.29.